The smallest absolute Gasteiger partial charge is 0.108 e. The molecule has 0 aromatic heterocycles. The highest BCUT2D eigenvalue weighted by Gasteiger charge is 2.31. The molecule has 2 heteroatoms. The molecule has 2 aromatic rings. The van der Waals surface area contributed by atoms with Gasteiger partial charge in [0, 0.05) is 6.61 Å². The Kier molecular flexibility index (Phi) is 4.37. The fourth-order valence-electron chi connectivity index (χ4n) is 3.24. The van der Waals surface area contributed by atoms with Crippen molar-refractivity contribution < 1.29 is 9.84 Å². The Morgan fingerprint density at radius 3 is 2.52 bits per heavy atom. The second kappa shape index (κ2) is 6.42. The summed E-state index contributed by atoms with van der Waals surface area (Å²) in [5.74, 6) is 0.461. The van der Waals surface area contributed by atoms with Crippen molar-refractivity contribution in [1.29, 1.82) is 0 Å². The molecule has 0 heterocycles. The van der Waals surface area contributed by atoms with Gasteiger partial charge in [-0.1, -0.05) is 54.6 Å². The van der Waals surface area contributed by atoms with Crippen molar-refractivity contribution in [3.8, 4) is 0 Å². The molecule has 3 atom stereocenters. The molecule has 0 saturated heterocycles. The van der Waals surface area contributed by atoms with E-state index in [1.165, 1.54) is 11.1 Å². The maximum absolute atomic E-state index is 10.6. The van der Waals surface area contributed by atoms with E-state index in [4.69, 9.17) is 4.74 Å². The Morgan fingerprint density at radius 2 is 1.81 bits per heavy atom. The molecule has 0 fully saturated rings. The number of hydrogen-bond acceptors (Lipinski definition) is 2. The molecule has 2 nitrogen and oxygen atoms in total. The maximum atomic E-state index is 10.6. The summed E-state index contributed by atoms with van der Waals surface area (Å²) < 4.78 is 5.80. The van der Waals surface area contributed by atoms with E-state index in [2.05, 4.69) is 24.3 Å². The van der Waals surface area contributed by atoms with Crippen LogP contribution >= 0.6 is 0 Å². The van der Waals surface area contributed by atoms with Gasteiger partial charge in [-0.15, -0.1) is 0 Å². The quantitative estimate of drug-likeness (QED) is 0.872. The van der Waals surface area contributed by atoms with E-state index in [1.54, 1.807) is 0 Å². The average Bonchev–Trinajstić information content (AvgIpc) is 2.51. The Hall–Kier alpha value is -1.64. The van der Waals surface area contributed by atoms with E-state index in [0.29, 0.717) is 12.5 Å². The minimum Gasteiger partial charge on any atom is -0.390 e. The van der Waals surface area contributed by atoms with Gasteiger partial charge >= 0.3 is 0 Å². The molecule has 2 aromatic carbocycles. The summed E-state index contributed by atoms with van der Waals surface area (Å²) in [7, 11) is 0. The molecule has 21 heavy (non-hydrogen) atoms. The van der Waals surface area contributed by atoms with E-state index < -0.39 is 6.10 Å². The number of rotatable bonds is 6. The second-order valence-electron chi connectivity index (χ2n) is 5.69. The average molecular weight is 282 g/mol. The van der Waals surface area contributed by atoms with Gasteiger partial charge in [0.1, 0.15) is 6.10 Å². The number of hydrogen-bond donors (Lipinski definition) is 1. The summed E-state index contributed by atoms with van der Waals surface area (Å²) in [5.41, 5.74) is 3.86. The zero-order valence-electron chi connectivity index (χ0n) is 12.4. The summed E-state index contributed by atoms with van der Waals surface area (Å²) in [4.78, 5) is 0. The Balaban J connectivity index is 1.70. The maximum Gasteiger partial charge on any atom is 0.108 e. The highest BCUT2D eigenvalue weighted by atomic mass is 16.5. The summed E-state index contributed by atoms with van der Waals surface area (Å²) in [5, 5.41) is 10.6. The number of aliphatic hydroxyl groups is 1. The minimum atomic E-state index is -0.467. The zero-order chi connectivity index (χ0) is 14.7. The van der Waals surface area contributed by atoms with Crippen LogP contribution in [0.5, 0.6) is 0 Å². The molecule has 0 spiro atoms. The fourth-order valence-corrected chi connectivity index (χ4v) is 3.24. The highest BCUT2D eigenvalue weighted by molar-refractivity contribution is 5.40. The number of benzene rings is 2. The van der Waals surface area contributed by atoms with Crippen LogP contribution in [0.25, 0.3) is 0 Å². The highest BCUT2D eigenvalue weighted by Crippen LogP contribution is 2.40. The largest absolute Gasteiger partial charge is 0.390 e. The molecule has 110 valence electrons. The zero-order valence-corrected chi connectivity index (χ0v) is 12.4. The summed E-state index contributed by atoms with van der Waals surface area (Å²) in [6, 6.07) is 18.5. The van der Waals surface area contributed by atoms with Gasteiger partial charge in [0.2, 0.25) is 0 Å². The van der Waals surface area contributed by atoms with E-state index in [0.717, 1.165) is 18.4 Å². The van der Waals surface area contributed by atoms with Crippen LogP contribution in [-0.4, -0.2) is 17.8 Å². The molecule has 3 unspecified atom stereocenters. The Labute approximate surface area is 126 Å². The predicted molar refractivity (Wildman–Crippen MR) is 84.3 cm³/mol. The monoisotopic (exact) mass is 282 g/mol. The Bertz CT molecular complexity index is 579. The topological polar surface area (TPSA) is 29.5 Å². The van der Waals surface area contributed by atoms with Crippen molar-refractivity contribution in [2.24, 2.45) is 0 Å². The van der Waals surface area contributed by atoms with Gasteiger partial charge in [-0.2, -0.15) is 0 Å². The van der Waals surface area contributed by atoms with Crippen LogP contribution in [0.3, 0.4) is 0 Å². The minimum absolute atomic E-state index is 0.232. The van der Waals surface area contributed by atoms with Crippen LogP contribution in [0, 0.1) is 0 Å². The van der Waals surface area contributed by atoms with E-state index >= 15 is 0 Å². The third-order valence-electron chi connectivity index (χ3n) is 4.31. The molecule has 0 aliphatic heterocycles. The first-order valence-corrected chi connectivity index (χ1v) is 7.72. The molecule has 0 bridgehead atoms. The van der Waals surface area contributed by atoms with Gasteiger partial charge in [0.25, 0.3) is 0 Å². The predicted octanol–water partition coefficient (Wildman–Crippen LogP) is 3.86. The van der Waals surface area contributed by atoms with Crippen molar-refractivity contribution in [2.75, 3.05) is 6.61 Å². The van der Waals surface area contributed by atoms with E-state index in [9.17, 15) is 5.11 Å². The van der Waals surface area contributed by atoms with Crippen LogP contribution in [-0.2, 0) is 11.2 Å². The normalized spacial score (nSPS) is 19.4. The molecule has 0 amide bonds. The van der Waals surface area contributed by atoms with Crippen LogP contribution < -0.4 is 0 Å². The van der Waals surface area contributed by atoms with Crippen LogP contribution in [0.2, 0.25) is 0 Å². The molecule has 3 rings (SSSR count). The summed E-state index contributed by atoms with van der Waals surface area (Å²) >= 11 is 0. The SMILES string of the molecule is CCOC(c1ccccc1)C(O)CC1Cc2ccccc21. The van der Waals surface area contributed by atoms with Crippen molar-refractivity contribution in [3.63, 3.8) is 0 Å². The number of ether oxygens (including phenoxy) is 1. The molecule has 0 radical (unpaired) electrons. The first-order chi connectivity index (χ1) is 10.3. The second-order valence-corrected chi connectivity index (χ2v) is 5.69. The summed E-state index contributed by atoms with van der Waals surface area (Å²) in [6.07, 6.45) is 1.13. The van der Waals surface area contributed by atoms with Gasteiger partial charge in [-0.25, -0.2) is 0 Å². The van der Waals surface area contributed by atoms with Crippen molar-refractivity contribution in [1.82, 2.24) is 0 Å². The van der Waals surface area contributed by atoms with Gasteiger partial charge in [0.15, 0.2) is 0 Å². The summed E-state index contributed by atoms with van der Waals surface area (Å²) in [6.45, 7) is 2.58. The lowest BCUT2D eigenvalue weighted by molar-refractivity contribution is -0.0412. The lowest BCUT2D eigenvalue weighted by atomic mass is 9.74. The van der Waals surface area contributed by atoms with Gasteiger partial charge in [0.05, 0.1) is 6.10 Å². The van der Waals surface area contributed by atoms with Gasteiger partial charge < -0.3 is 9.84 Å². The van der Waals surface area contributed by atoms with Crippen molar-refractivity contribution in [2.45, 2.75) is 37.9 Å². The van der Waals surface area contributed by atoms with E-state index in [-0.39, 0.29) is 6.10 Å². The van der Waals surface area contributed by atoms with Crippen LogP contribution in [0.15, 0.2) is 54.6 Å². The number of fused-ring (bicyclic) bond motifs is 1. The molecular formula is C19H22O2. The third-order valence-corrected chi connectivity index (χ3v) is 4.31. The van der Waals surface area contributed by atoms with Crippen LogP contribution in [0.1, 0.15) is 42.1 Å². The fraction of sp³-hybridized carbons (Fsp3) is 0.368. The van der Waals surface area contributed by atoms with Gasteiger partial charge in [-0.05, 0) is 42.4 Å². The van der Waals surface area contributed by atoms with Gasteiger partial charge in [-0.3, -0.25) is 0 Å². The number of aliphatic hydroxyl groups excluding tert-OH is 1. The molecule has 0 saturated carbocycles. The van der Waals surface area contributed by atoms with Crippen molar-refractivity contribution >= 4 is 0 Å². The standard InChI is InChI=1S/C19H22O2/c1-2-21-19(14-8-4-3-5-9-14)18(20)13-16-12-15-10-6-7-11-17(15)16/h3-11,16,18-20H,2,12-13H2,1H3. The van der Waals surface area contributed by atoms with Crippen LogP contribution in [0.4, 0.5) is 0 Å². The van der Waals surface area contributed by atoms with Crippen molar-refractivity contribution in [3.05, 3.63) is 71.3 Å². The molecule has 1 aliphatic carbocycles. The first kappa shape index (κ1) is 14.3. The lowest BCUT2D eigenvalue weighted by Crippen LogP contribution is -2.28. The molecule has 1 aliphatic rings. The lowest BCUT2D eigenvalue weighted by Gasteiger charge is -2.34. The van der Waals surface area contributed by atoms with E-state index in [1.807, 2.05) is 37.3 Å². The first-order valence-electron chi connectivity index (χ1n) is 7.72. The molecular weight excluding hydrogens is 260 g/mol. The molecule has 1 N–H and O–H groups in total. The Morgan fingerprint density at radius 1 is 1.10 bits per heavy atom. The third kappa shape index (κ3) is 3.02.